The van der Waals surface area contributed by atoms with Crippen LogP contribution >= 0.6 is 23.2 Å². The summed E-state index contributed by atoms with van der Waals surface area (Å²) < 4.78 is 0. The maximum Gasteiger partial charge on any atom is 3.00 e. The van der Waals surface area contributed by atoms with Gasteiger partial charge in [0.2, 0.25) is 0 Å². The number of aliphatic hydroxyl groups is 1. The molecule has 0 fully saturated rings. The molecular weight excluding hydrogens is 225 g/mol. The molecule has 0 saturated carbocycles. The van der Waals surface area contributed by atoms with Crippen LogP contribution in [0.2, 0.25) is 0 Å². The Morgan fingerprint density at radius 1 is 1.00 bits per heavy atom. The Kier molecular flexibility index (Phi) is 517. The summed E-state index contributed by atoms with van der Waals surface area (Å²) in [6, 6.07) is 0. The van der Waals surface area contributed by atoms with Crippen molar-refractivity contribution in [1.29, 1.82) is 0 Å². The molecule has 0 bridgehead atoms. The standard InChI is InChI=1S/C2H6O.CH2Cl2.2Al.3O/c1-2-3;2-1-3;;;;;/h3H,2H2,1H3;1H2;;;;;/q;;2*+3;3*-2. The zero-order chi connectivity index (χ0) is 5.41. The van der Waals surface area contributed by atoms with Crippen LogP contribution in [0.25, 0.3) is 0 Å². The quantitative estimate of drug-likeness (QED) is 0.471. The number of hydrogen-bond donors (Lipinski definition) is 1. The first-order chi connectivity index (χ1) is 2.83. The minimum atomic E-state index is 0. The van der Waals surface area contributed by atoms with E-state index in [1.807, 2.05) is 0 Å². The van der Waals surface area contributed by atoms with Gasteiger partial charge in [-0.05, 0) is 6.92 Å². The van der Waals surface area contributed by atoms with Gasteiger partial charge in [0, 0.05) is 6.61 Å². The molecule has 8 heteroatoms. The van der Waals surface area contributed by atoms with Gasteiger partial charge < -0.3 is 21.5 Å². The maximum atomic E-state index is 7.57. The second-order valence-corrected chi connectivity index (χ2v) is 1.23. The molecule has 1 N–H and O–H groups in total. The summed E-state index contributed by atoms with van der Waals surface area (Å²) in [6.07, 6.45) is 0. The van der Waals surface area contributed by atoms with Crippen molar-refractivity contribution in [2.75, 3.05) is 11.9 Å². The van der Waals surface area contributed by atoms with Crippen LogP contribution < -0.4 is 0 Å². The fraction of sp³-hybridized carbons (Fsp3) is 1.00. The molecule has 0 aromatic carbocycles. The zero-order valence-electron chi connectivity index (χ0n) is 6.00. The molecule has 0 atom stereocenters. The second kappa shape index (κ2) is 104. The molecule has 0 radical (unpaired) electrons. The maximum absolute atomic E-state index is 7.57. The Hall–Kier alpha value is 1.48. The Bertz CT molecular complexity index is 23.3. The monoisotopic (exact) mass is 232 g/mol. The van der Waals surface area contributed by atoms with Crippen molar-refractivity contribution in [3.8, 4) is 0 Å². The van der Waals surface area contributed by atoms with Gasteiger partial charge in [-0.2, -0.15) is 0 Å². The van der Waals surface area contributed by atoms with E-state index in [4.69, 9.17) is 28.3 Å². The van der Waals surface area contributed by atoms with Gasteiger partial charge in [-0.25, -0.2) is 0 Å². The van der Waals surface area contributed by atoms with Crippen LogP contribution in [0.4, 0.5) is 0 Å². The first-order valence-electron chi connectivity index (χ1n) is 1.56. The van der Waals surface area contributed by atoms with Crippen LogP contribution in [0.5, 0.6) is 0 Å². The molecule has 0 spiro atoms. The van der Waals surface area contributed by atoms with Crippen molar-refractivity contribution in [1.82, 2.24) is 0 Å². The topological polar surface area (TPSA) is 106 Å². The third-order valence-corrected chi connectivity index (χ3v) is 0. The van der Waals surface area contributed by atoms with E-state index in [0.29, 0.717) is 0 Å². The first-order valence-corrected chi connectivity index (χ1v) is 2.63. The molecule has 0 amide bonds. The van der Waals surface area contributed by atoms with Crippen LogP contribution in [-0.4, -0.2) is 51.8 Å². The number of alkyl halides is 2. The van der Waals surface area contributed by atoms with Gasteiger partial charge in [0.25, 0.3) is 0 Å². The van der Waals surface area contributed by atoms with Gasteiger partial charge in [-0.3, -0.25) is 0 Å². The van der Waals surface area contributed by atoms with Gasteiger partial charge >= 0.3 is 34.7 Å². The van der Waals surface area contributed by atoms with E-state index in [0.717, 1.165) is 0 Å². The van der Waals surface area contributed by atoms with Gasteiger partial charge in [-0.1, -0.05) is 0 Å². The van der Waals surface area contributed by atoms with E-state index in [2.05, 4.69) is 0 Å². The number of aliphatic hydroxyl groups excluding tert-OH is 1. The SMILES string of the molecule is CCO.ClCCl.[Al+3].[Al+3].[O-2].[O-2].[O-2]. The fourth-order valence-corrected chi connectivity index (χ4v) is 0. The molecular formula is C3H8Al2Cl2O4. The summed E-state index contributed by atoms with van der Waals surface area (Å²) in [4.78, 5) is 0. The Morgan fingerprint density at radius 2 is 1.00 bits per heavy atom. The largest absolute Gasteiger partial charge is 3.00 e. The van der Waals surface area contributed by atoms with E-state index < -0.39 is 0 Å². The number of rotatable bonds is 0. The van der Waals surface area contributed by atoms with Gasteiger partial charge in [0.1, 0.15) is 0 Å². The van der Waals surface area contributed by atoms with Crippen LogP contribution in [0.15, 0.2) is 0 Å². The molecule has 11 heavy (non-hydrogen) atoms. The molecule has 0 aromatic heterocycles. The van der Waals surface area contributed by atoms with Crippen LogP contribution in [-0.2, 0) is 16.4 Å². The van der Waals surface area contributed by atoms with Crippen molar-refractivity contribution in [2.45, 2.75) is 6.92 Å². The summed E-state index contributed by atoms with van der Waals surface area (Å²) in [5, 5.41) is 7.76. The fourth-order valence-electron chi connectivity index (χ4n) is 0. The predicted octanol–water partition coefficient (Wildman–Crippen LogP) is 0.302. The molecule has 0 aliphatic carbocycles. The molecule has 0 rings (SSSR count). The minimum Gasteiger partial charge on any atom is -2.00 e. The molecule has 0 aliphatic heterocycles. The molecule has 0 heterocycles. The summed E-state index contributed by atoms with van der Waals surface area (Å²) in [6.45, 7) is 1.93. The third-order valence-electron chi connectivity index (χ3n) is 0. The molecule has 64 valence electrons. The van der Waals surface area contributed by atoms with E-state index in [-0.39, 0.29) is 63.1 Å². The number of hydrogen-bond acceptors (Lipinski definition) is 1. The smallest absolute Gasteiger partial charge is 2.00 e. The average molecular weight is 233 g/mol. The van der Waals surface area contributed by atoms with E-state index in [1.54, 1.807) is 6.92 Å². The molecule has 0 aliphatic rings. The van der Waals surface area contributed by atoms with Crippen LogP contribution in [0, 0.1) is 0 Å². The molecule has 4 nitrogen and oxygen atoms in total. The summed E-state index contributed by atoms with van der Waals surface area (Å²) >= 11 is 9.53. The molecule has 0 aromatic rings. The van der Waals surface area contributed by atoms with Crippen molar-refractivity contribution in [2.24, 2.45) is 0 Å². The van der Waals surface area contributed by atoms with Crippen molar-refractivity contribution < 1.29 is 21.5 Å². The Labute approximate surface area is 98.1 Å². The normalized spacial score (nSPS) is 3.27. The molecule has 0 unspecified atom stereocenters. The van der Waals surface area contributed by atoms with Crippen LogP contribution in [0.3, 0.4) is 0 Å². The summed E-state index contributed by atoms with van der Waals surface area (Å²) in [5.74, 6) is 0. The van der Waals surface area contributed by atoms with E-state index >= 15 is 0 Å². The summed E-state index contributed by atoms with van der Waals surface area (Å²) in [7, 11) is 0. The van der Waals surface area contributed by atoms with Crippen molar-refractivity contribution in [3.05, 3.63) is 0 Å². The Morgan fingerprint density at radius 3 is 1.00 bits per heavy atom. The number of halogens is 2. The first kappa shape index (κ1) is 54.7. The summed E-state index contributed by atoms with van der Waals surface area (Å²) in [5.41, 5.74) is 0. The Balaban J connectivity index is -0.00000000400. The van der Waals surface area contributed by atoms with Gasteiger partial charge in [0.05, 0.1) is 5.34 Å². The van der Waals surface area contributed by atoms with Crippen molar-refractivity contribution in [3.63, 3.8) is 0 Å². The zero-order valence-corrected chi connectivity index (χ0v) is 9.82. The minimum absolute atomic E-state index is 0. The van der Waals surface area contributed by atoms with Crippen LogP contribution in [0.1, 0.15) is 6.92 Å². The third kappa shape index (κ3) is 469. The van der Waals surface area contributed by atoms with E-state index in [1.165, 1.54) is 0 Å². The van der Waals surface area contributed by atoms with Crippen molar-refractivity contribution >= 4 is 57.9 Å². The molecule has 0 saturated heterocycles. The van der Waals surface area contributed by atoms with Gasteiger partial charge in [0.15, 0.2) is 0 Å². The van der Waals surface area contributed by atoms with Gasteiger partial charge in [-0.15, -0.1) is 23.2 Å². The predicted molar refractivity (Wildman–Crippen MR) is 42.9 cm³/mol. The van der Waals surface area contributed by atoms with E-state index in [9.17, 15) is 0 Å². The average Bonchev–Trinajstić information content (AvgIpc) is 1.39. The second-order valence-electron chi connectivity index (χ2n) is 0.417.